The molecule has 0 spiro atoms. The van der Waals surface area contributed by atoms with Gasteiger partial charge in [0.1, 0.15) is 0 Å². The summed E-state index contributed by atoms with van der Waals surface area (Å²) in [7, 11) is 0. The molecular weight excluding hydrogens is 176 g/mol. The second kappa shape index (κ2) is 6.63. The number of hydrogen-bond donors (Lipinski definition) is 1. The molecule has 0 rings (SSSR count). The van der Waals surface area contributed by atoms with Gasteiger partial charge in [-0.25, -0.2) is 0 Å². The van der Waals surface area contributed by atoms with E-state index in [0.717, 1.165) is 19.3 Å². The summed E-state index contributed by atoms with van der Waals surface area (Å²) in [5.74, 6) is -0.716. The van der Waals surface area contributed by atoms with Crippen molar-refractivity contribution in [2.75, 3.05) is 0 Å². The zero-order chi connectivity index (χ0) is 11.0. The van der Waals surface area contributed by atoms with Crippen molar-refractivity contribution in [3.05, 3.63) is 12.2 Å². The van der Waals surface area contributed by atoms with E-state index in [1.807, 2.05) is 13.0 Å². The van der Waals surface area contributed by atoms with E-state index in [2.05, 4.69) is 6.92 Å². The van der Waals surface area contributed by atoms with Gasteiger partial charge in [0.05, 0.1) is 5.41 Å². The highest BCUT2D eigenvalue weighted by molar-refractivity contribution is 5.76. The predicted molar refractivity (Wildman–Crippen MR) is 59.3 cm³/mol. The Morgan fingerprint density at radius 3 is 2.43 bits per heavy atom. The molecule has 2 heteroatoms. The number of rotatable bonds is 7. The number of aliphatic carboxylic acids is 1. The van der Waals surface area contributed by atoms with Crippen LogP contribution < -0.4 is 0 Å². The van der Waals surface area contributed by atoms with Crippen molar-refractivity contribution in [1.29, 1.82) is 0 Å². The highest BCUT2D eigenvalue weighted by Gasteiger charge is 2.28. The molecule has 0 aromatic rings. The van der Waals surface area contributed by atoms with Crippen molar-refractivity contribution in [2.45, 2.75) is 52.9 Å². The first-order valence-electron chi connectivity index (χ1n) is 5.44. The Morgan fingerprint density at radius 1 is 1.36 bits per heavy atom. The minimum absolute atomic E-state index is 0.664. The fraction of sp³-hybridized carbons (Fsp3) is 0.750. The maximum atomic E-state index is 11.0. The maximum absolute atomic E-state index is 11.0. The minimum atomic E-state index is -0.716. The van der Waals surface area contributed by atoms with Crippen LogP contribution >= 0.6 is 0 Å². The Balaban J connectivity index is 4.04. The quantitative estimate of drug-likeness (QED) is 0.501. The zero-order valence-corrected chi connectivity index (χ0v) is 9.55. The lowest BCUT2D eigenvalue weighted by Gasteiger charge is -2.20. The Kier molecular flexibility index (Phi) is 6.26. The standard InChI is InChI=1S/C12H22O2/c1-4-6-7-8-10-12(3,9-5-2)11(13)14/h5,9H,4,6-8,10H2,1-3H3,(H,13,14). The van der Waals surface area contributed by atoms with E-state index in [4.69, 9.17) is 5.11 Å². The van der Waals surface area contributed by atoms with Gasteiger partial charge in [-0.2, -0.15) is 0 Å². The van der Waals surface area contributed by atoms with Gasteiger partial charge in [0, 0.05) is 0 Å². The smallest absolute Gasteiger partial charge is 0.313 e. The topological polar surface area (TPSA) is 37.3 Å². The monoisotopic (exact) mass is 198 g/mol. The van der Waals surface area contributed by atoms with E-state index in [-0.39, 0.29) is 0 Å². The van der Waals surface area contributed by atoms with E-state index >= 15 is 0 Å². The lowest BCUT2D eigenvalue weighted by Crippen LogP contribution is -2.24. The van der Waals surface area contributed by atoms with Gasteiger partial charge >= 0.3 is 5.97 Å². The van der Waals surface area contributed by atoms with Gasteiger partial charge in [-0.15, -0.1) is 0 Å². The van der Waals surface area contributed by atoms with Crippen molar-refractivity contribution >= 4 is 5.97 Å². The van der Waals surface area contributed by atoms with E-state index < -0.39 is 11.4 Å². The molecule has 2 nitrogen and oxygen atoms in total. The summed E-state index contributed by atoms with van der Waals surface area (Å²) in [6, 6.07) is 0. The van der Waals surface area contributed by atoms with Crippen molar-refractivity contribution in [1.82, 2.24) is 0 Å². The summed E-state index contributed by atoms with van der Waals surface area (Å²) in [6.45, 7) is 5.82. The number of allylic oxidation sites excluding steroid dienone is 1. The molecule has 0 aliphatic heterocycles. The van der Waals surface area contributed by atoms with Crippen molar-refractivity contribution in [3.8, 4) is 0 Å². The van der Waals surface area contributed by atoms with Gasteiger partial charge in [0.25, 0.3) is 0 Å². The van der Waals surface area contributed by atoms with Crippen LogP contribution in [0.2, 0.25) is 0 Å². The Labute approximate surface area is 87.0 Å². The second-order valence-electron chi connectivity index (χ2n) is 4.03. The molecule has 82 valence electrons. The van der Waals surface area contributed by atoms with Crippen molar-refractivity contribution in [3.63, 3.8) is 0 Å². The summed E-state index contributed by atoms with van der Waals surface area (Å²) < 4.78 is 0. The summed E-state index contributed by atoms with van der Waals surface area (Å²) in [4.78, 5) is 11.0. The van der Waals surface area contributed by atoms with E-state index in [1.165, 1.54) is 12.8 Å². The molecule has 0 aromatic heterocycles. The van der Waals surface area contributed by atoms with Crippen LogP contribution in [0.15, 0.2) is 12.2 Å². The molecule has 1 N–H and O–H groups in total. The number of carboxylic acids is 1. The predicted octanol–water partition coefficient (Wildman–Crippen LogP) is 3.62. The summed E-state index contributed by atoms with van der Waals surface area (Å²) in [5.41, 5.74) is -0.664. The molecule has 14 heavy (non-hydrogen) atoms. The average molecular weight is 198 g/mol. The fourth-order valence-electron chi connectivity index (χ4n) is 1.55. The molecule has 0 amide bonds. The van der Waals surface area contributed by atoms with Crippen LogP contribution in [0.25, 0.3) is 0 Å². The number of unbranched alkanes of at least 4 members (excludes halogenated alkanes) is 3. The number of carboxylic acid groups (broad SMARTS) is 1. The molecular formula is C12H22O2. The SMILES string of the molecule is CC=CC(C)(CCCCCC)C(=O)O. The first-order chi connectivity index (χ1) is 6.56. The molecule has 1 unspecified atom stereocenters. The summed E-state index contributed by atoms with van der Waals surface area (Å²) in [5, 5.41) is 9.07. The molecule has 0 aromatic carbocycles. The molecule has 0 aliphatic carbocycles. The van der Waals surface area contributed by atoms with E-state index in [0.29, 0.717) is 0 Å². The molecule has 1 atom stereocenters. The number of carbonyl (C=O) groups is 1. The third-order valence-corrected chi connectivity index (χ3v) is 2.57. The largest absolute Gasteiger partial charge is 0.481 e. The maximum Gasteiger partial charge on any atom is 0.313 e. The molecule has 0 radical (unpaired) electrons. The summed E-state index contributed by atoms with van der Waals surface area (Å²) >= 11 is 0. The van der Waals surface area contributed by atoms with Gasteiger partial charge in [0.2, 0.25) is 0 Å². The number of hydrogen-bond acceptors (Lipinski definition) is 1. The van der Waals surface area contributed by atoms with E-state index in [9.17, 15) is 4.79 Å². The molecule has 0 saturated carbocycles. The third-order valence-electron chi connectivity index (χ3n) is 2.57. The first-order valence-corrected chi connectivity index (χ1v) is 5.44. The second-order valence-corrected chi connectivity index (χ2v) is 4.03. The van der Waals surface area contributed by atoms with Crippen molar-refractivity contribution < 1.29 is 9.90 Å². The van der Waals surface area contributed by atoms with E-state index in [1.54, 1.807) is 13.0 Å². The van der Waals surface area contributed by atoms with Gasteiger partial charge in [-0.3, -0.25) is 4.79 Å². The van der Waals surface area contributed by atoms with Crippen LogP contribution in [0.4, 0.5) is 0 Å². The van der Waals surface area contributed by atoms with Gasteiger partial charge in [-0.05, 0) is 20.3 Å². The minimum Gasteiger partial charge on any atom is -0.481 e. The molecule has 0 heterocycles. The molecule has 0 saturated heterocycles. The lowest BCUT2D eigenvalue weighted by molar-refractivity contribution is -0.145. The highest BCUT2D eigenvalue weighted by Crippen LogP contribution is 2.26. The van der Waals surface area contributed by atoms with Gasteiger partial charge in [0.15, 0.2) is 0 Å². The molecule has 0 fully saturated rings. The summed E-state index contributed by atoms with van der Waals surface area (Å²) in [6.07, 6.45) is 8.89. The Hall–Kier alpha value is -0.790. The molecule has 0 aliphatic rings. The van der Waals surface area contributed by atoms with Crippen LogP contribution in [-0.2, 0) is 4.79 Å². The normalized spacial score (nSPS) is 15.6. The van der Waals surface area contributed by atoms with Crippen molar-refractivity contribution in [2.24, 2.45) is 5.41 Å². The lowest BCUT2D eigenvalue weighted by atomic mass is 9.84. The fourth-order valence-corrected chi connectivity index (χ4v) is 1.55. The van der Waals surface area contributed by atoms with Crippen LogP contribution in [0.5, 0.6) is 0 Å². The Morgan fingerprint density at radius 2 is 2.00 bits per heavy atom. The zero-order valence-electron chi connectivity index (χ0n) is 9.55. The van der Waals surface area contributed by atoms with Gasteiger partial charge < -0.3 is 5.11 Å². The van der Waals surface area contributed by atoms with Crippen LogP contribution in [0.1, 0.15) is 52.9 Å². The third kappa shape index (κ3) is 4.45. The Bertz CT molecular complexity index is 196. The van der Waals surface area contributed by atoms with Crippen LogP contribution in [0, 0.1) is 5.41 Å². The average Bonchev–Trinajstić information content (AvgIpc) is 2.13. The highest BCUT2D eigenvalue weighted by atomic mass is 16.4. The first kappa shape index (κ1) is 13.2. The molecule has 0 bridgehead atoms. The van der Waals surface area contributed by atoms with Crippen LogP contribution in [0.3, 0.4) is 0 Å². The van der Waals surface area contributed by atoms with Crippen LogP contribution in [-0.4, -0.2) is 11.1 Å². The van der Waals surface area contributed by atoms with Gasteiger partial charge in [-0.1, -0.05) is 44.8 Å².